The van der Waals surface area contributed by atoms with Gasteiger partial charge in [-0.05, 0) is 30.9 Å². The third-order valence-electron chi connectivity index (χ3n) is 4.28. The molecule has 2 N–H and O–H groups in total. The average molecular weight is 278 g/mol. The van der Waals surface area contributed by atoms with Crippen molar-refractivity contribution in [3.8, 4) is 0 Å². The Morgan fingerprint density at radius 1 is 1.50 bits per heavy atom. The molecule has 5 nitrogen and oxygen atoms in total. The molecule has 0 radical (unpaired) electrons. The molecular weight excluding hydrogens is 256 g/mol. The predicted molar refractivity (Wildman–Crippen MR) is 74.3 cm³/mol. The smallest absolute Gasteiger partial charge is 0.267 e. The SMILES string of the molecule is CC1CCC2(CC1)OCC(CNC(=O)c1ccc[nH]1)O2. The van der Waals surface area contributed by atoms with Gasteiger partial charge in [0.15, 0.2) is 5.79 Å². The normalized spacial score (nSPS) is 33.5. The number of aromatic amines is 1. The van der Waals surface area contributed by atoms with Crippen LogP contribution in [0.4, 0.5) is 0 Å². The summed E-state index contributed by atoms with van der Waals surface area (Å²) < 4.78 is 11.9. The lowest BCUT2D eigenvalue weighted by Gasteiger charge is -2.34. The molecule has 1 saturated heterocycles. The summed E-state index contributed by atoms with van der Waals surface area (Å²) in [5.74, 6) is 0.283. The highest BCUT2D eigenvalue weighted by atomic mass is 16.7. The van der Waals surface area contributed by atoms with Crippen LogP contribution in [0.15, 0.2) is 18.3 Å². The summed E-state index contributed by atoms with van der Waals surface area (Å²) in [5, 5.41) is 2.88. The molecule has 1 amide bonds. The number of carbonyl (C=O) groups excluding carboxylic acids is 1. The van der Waals surface area contributed by atoms with E-state index in [4.69, 9.17) is 9.47 Å². The van der Waals surface area contributed by atoms with Crippen molar-refractivity contribution in [2.24, 2.45) is 5.92 Å². The van der Waals surface area contributed by atoms with E-state index in [1.54, 1.807) is 12.3 Å². The van der Waals surface area contributed by atoms with Crippen LogP contribution in [0.1, 0.15) is 43.1 Å². The van der Waals surface area contributed by atoms with Crippen LogP contribution in [0.25, 0.3) is 0 Å². The first-order valence-electron chi connectivity index (χ1n) is 7.40. The molecule has 5 heteroatoms. The minimum absolute atomic E-state index is 0.0395. The largest absolute Gasteiger partial charge is 0.357 e. The minimum Gasteiger partial charge on any atom is -0.357 e. The van der Waals surface area contributed by atoms with Crippen LogP contribution in [-0.4, -0.2) is 35.9 Å². The van der Waals surface area contributed by atoms with Gasteiger partial charge in [0.05, 0.1) is 6.61 Å². The zero-order valence-corrected chi connectivity index (χ0v) is 11.9. The molecule has 110 valence electrons. The van der Waals surface area contributed by atoms with Gasteiger partial charge >= 0.3 is 0 Å². The van der Waals surface area contributed by atoms with Crippen molar-refractivity contribution in [2.75, 3.05) is 13.2 Å². The standard InChI is InChI=1S/C15H22N2O3/c1-11-4-6-15(7-5-11)19-10-12(20-15)9-17-14(18)13-3-2-8-16-13/h2-3,8,11-12,16H,4-7,9-10H2,1H3,(H,17,18). The molecule has 1 saturated carbocycles. The van der Waals surface area contributed by atoms with E-state index in [9.17, 15) is 4.79 Å². The molecule has 1 aliphatic carbocycles. The van der Waals surface area contributed by atoms with E-state index in [0.29, 0.717) is 18.8 Å². The van der Waals surface area contributed by atoms with Gasteiger partial charge < -0.3 is 19.8 Å². The Kier molecular flexibility index (Phi) is 3.81. The first-order chi connectivity index (χ1) is 9.67. The van der Waals surface area contributed by atoms with Crippen LogP contribution in [0.5, 0.6) is 0 Å². The number of hydrogen-bond acceptors (Lipinski definition) is 3. The van der Waals surface area contributed by atoms with Gasteiger partial charge in [-0.15, -0.1) is 0 Å². The average Bonchev–Trinajstić information content (AvgIpc) is 3.10. The van der Waals surface area contributed by atoms with E-state index in [2.05, 4.69) is 17.2 Å². The second kappa shape index (κ2) is 5.58. The van der Waals surface area contributed by atoms with Gasteiger partial charge in [0, 0.05) is 25.6 Å². The summed E-state index contributed by atoms with van der Waals surface area (Å²) in [5.41, 5.74) is 0.574. The number of nitrogens with one attached hydrogen (secondary N) is 2. The monoisotopic (exact) mass is 278 g/mol. The molecule has 1 atom stereocenters. The summed E-state index contributed by atoms with van der Waals surface area (Å²) in [6.45, 7) is 3.34. The third-order valence-corrected chi connectivity index (χ3v) is 4.28. The second-order valence-electron chi connectivity index (χ2n) is 5.94. The van der Waals surface area contributed by atoms with Crippen molar-refractivity contribution >= 4 is 5.91 Å². The third kappa shape index (κ3) is 2.88. The molecule has 1 aromatic heterocycles. The molecule has 1 spiro atoms. The molecule has 0 bridgehead atoms. The quantitative estimate of drug-likeness (QED) is 0.889. The van der Waals surface area contributed by atoms with Crippen molar-refractivity contribution in [3.05, 3.63) is 24.0 Å². The summed E-state index contributed by atoms with van der Waals surface area (Å²) in [4.78, 5) is 14.7. The van der Waals surface area contributed by atoms with Crippen LogP contribution in [0.2, 0.25) is 0 Å². The Morgan fingerprint density at radius 2 is 2.30 bits per heavy atom. The summed E-state index contributed by atoms with van der Waals surface area (Å²) in [6, 6.07) is 3.56. The van der Waals surface area contributed by atoms with E-state index in [1.807, 2.05) is 6.07 Å². The maximum atomic E-state index is 11.8. The fourth-order valence-electron chi connectivity index (χ4n) is 2.95. The highest BCUT2D eigenvalue weighted by molar-refractivity contribution is 5.92. The fourth-order valence-corrected chi connectivity index (χ4v) is 2.95. The van der Waals surface area contributed by atoms with Gasteiger partial charge in [0.2, 0.25) is 0 Å². The number of aromatic nitrogens is 1. The number of carbonyl (C=O) groups is 1. The zero-order chi connectivity index (χ0) is 14.0. The van der Waals surface area contributed by atoms with Crippen molar-refractivity contribution < 1.29 is 14.3 Å². The summed E-state index contributed by atoms with van der Waals surface area (Å²) in [6.07, 6.45) is 5.94. The molecule has 2 aliphatic rings. The Morgan fingerprint density at radius 3 is 3.00 bits per heavy atom. The summed E-state index contributed by atoms with van der Waals surface area (Å²) in [7, 11) is 0. The highest BCUT2D eigenvalue weighted by Gasteiger charge is 2.43. The topological polar surface area (TPSA) is 63.3 Å². The number of amides is 1. The van der Waals surface area contributed by atoms with Crippen molar-refractivity contribution in [2.45, 2.75) is 44.5 Å². The van der Waals surface area contributed by atoms with E-state index in [-0.39, 0.29) is 17.8 Å². The fraction of sp³-hybridized carbons (Fsp3) is 0.667. The van der Waals surface area contributed by atoms with Gasteiger partial charge in [-0.2, -0.15) is 0 Å². The van der Waals surface area contributed by atoms with Crippen LogP contribution in [-0.2, 0) is 9.47 Å². The van der Waals surface area contributed by atoms with Gasteiger partial charge in [-0.3, -0.25) is 4.79 Å². The molecule has 2 heterocycles. The van der Waals surface area contributed by atoms with Crippen LogP contribution >= 0.6 is 0 Å². The van der Waals surface area contributed by atoms with Crippen molar-refractivity contribution in [3.63, 3.8) is 0 Å². The first kappa shape index (κ1) is 13.6. The van der Waals surface area contributed by atoms with Gasteiger partial charge in [-0.1, -0.05) is 6.92 Å². The first-order valence-corrected chi connectivity index (χ1v) is 7.40. The lowest BCUT2D eigenvalue weighted by molar-refractivity contribution is -0.191. The Hall–Kier alpha value is -1.33. The Labute approximate surface area is 119 Å². The lowest BCUT2D eigenvalue weighted by atomic mass is 9.86. The Bertz CT molecular complexity index is 450. The molecule has 20 heavy (non-hydrogen) atoms. The predicted octanol–water partition coefficient (Wildman–Crippen LogP) is 2.07. The van der Waals surface area contributed by atoms with Crippen LogP contribution < -0.4 is 5.32 Å². The number of H-pyrrole nitrogens is 1. The molecule has 3 rings (SSSR count). The summed E-state index contributed by atoms with van der Waals surface area (Å²) >= 11 is 0. The van der Waals surface area contributed by atoms with Crippen molar-refractivity contribution in [1.82, 2.24) is 10.3 Å². The van der Waals surface area contributed by atoms with E-state index in [0.717, 1.165) is 31.6 Å². The van der Waals surface area contributed by atoms with Crippen LogP contribution in [0, 0.1) is 5.92 Å². The highest BCUT2D eigenvalue weighted by Crippen LogP contribution is 2.39. The number of rotatable bonds is 3. The minimum atomic E-state index is -0.381. The number of hydrogen-bond donors (Lipinski definition) is 2. The molecule has 2 fully saturated rings. The maximum Gasteiger partial charge on any atom is 0.267 e. The van der Waals surface area contributed by atoms with E-state index in [1.165, 1.54) is 0 Å². The van der Waals surface area contributed by atoms with Crippen molar-refractivity contribution in [1.29, 1.82) is 0 Å². The number of ether oxygens (including phenoxy) is 2. The lowest BCUT2D eigenvalue weighted by Crippen LogP contribution is -2.38. The van der Waals surface area contributed by atoms with Gasteiger partial charge in [-0.25, -0.2) is 0 Å². The molecule has 0 aromatic carbocycles. The molecular formula is C15H22N2O3. The Balaban J connectivity index is 1.47. The molecule has 1 aromatic rings. The van der Waals surface area contributed by atoms with Gasteiger partial charge in [0.1, 0.15) is 11.8 Å². The van der Waals surface area contributed by atoms with Gasteiger partial charge in [0.25, 0.3) is 5.91 Å². The van der Waals surface area contributed by atoms with E-state index < -0.39 is 0 Å². The molecule has 1 aliphatic heterocycles. The molecule has 1 unspecified atom stereocenters. The second-order valence-corrected chi connectivity index (χ2v) is 5.94. The van der Waals surface area contributed by atoms with E-state index >= 15 is 0 Å². The maximum absolute atomic E-state index is 11.8. The van der Waals surface area contributed by atoms with Crippen LogP contribution in [0.3, 0.4) is 0 Å². The zero-order valence-electron chi connectivity index (χ0n) is 11.9.